The minimum absolute atomic E-state index is 0.00381. The van der Waals surface area contributed by atoms with Crippen LogP contribution in [0, 0.1) is 0 Å². The number of fused-ring (bicyclic) bond motifs is 2. The molecule has 0 aliphatic heterocycles. The van der Waals surface area contributed by atoms with E-state index >= 15 is 0 Å². The van der Waals surface area contributed by atoms with Crippen molar-refractivity contribution < 1.29 is 47.7 Å². The SMILES string of the molecule is CC(=O)Oc1c(OC(C)=O)n(-n2c(OC(C)=O)c(OC(C)=O)c3c(OC(C)=O)cccc32)c2ccccc12. The van der Waals surface area contributed by atoms with Gasteiger partial charge in [0, 0.05) is 40.0 Å². The van der Waals surface area contributed by atoms with E-state index in [0.717, 1.165) is 20.8 Å². The lowest BCUT2D eigenvalue weighted by Crippen LogP contribution is -2.17. The van der Waals surface area contributed by atoms with E-state index in [-0.39, 0.29) is 39.9 Å². The summed E-state index contributed by atoms with van der Waals surface area (Å²) in [6.07, 6.45) is 0. The van der Waals surface area contributed by atoms with Gasteiger partial charge in [-0.05, 0) is 24.3 Å². The van der Waals surface area contributed by atoms with Gasteiger partial charge in [0.05, 0.1) is 16.4 Å². The second-order valence-electron chi connectivity index (χ2n) is 8.03. The quantitative estimate of drug-likeness (QED) is 0.273. The molecule has 196 valence electrons. The molecule has 0 saturated carbocycles. The highest BCUT2D eigenvalue weighted by atomic mass is 16.6. The van der Waals surface area contributed by atoms with Crippen molar-refractivity contribution in [1.29, 1.82) is 0 Å². The van der Waals surface area contributed by atoms with Crippen LogP contribution in [0.2, 0.25) is 0 Å². The van der Waals surface area contributed by atoms with Crippen LogP contribution in [0.3, 0.4) is 0 Å². The summed E-state index contributed by atoms with van der Waals surface area (Å²) in [6, 6.07) is 11.2. The molecule has 12 nitrogen and oxygen atoms in total. The molecule has 2 aromatic carbocycles. The van der Waals surface area contributed by atoms with Crippen molar-refractivity contribution in [2.45, 2.75) is 34.6 Å². The van der Waals surface area contributed by atoms with E-state index in [1.165, 1.54) is 29.3 Å². The van der Waals surface area contributed by atoms with Crippen molar-refractivity contribution in [3.63, 3.8) is 0 Å². The number of para-hydroxylation sites is 1. The van der Waals surface area contributed by atoms with Gasteiger partial charge in [0.15, 0.2) is 0 Å². The lowest BCUT2D eigenvalue weighted by Gasteiger charge is -2.16. The summed E-state index contributed by atoms with van der Waals surface area (Å²) in [5, 5.41) is 0.481. The fourth-order valence-electron chi connectivity index (χ4n) is 3.98. The molecule has 4 rings (SSSR count). The predicted molar refractivity (Wildman–Crippen MR) is 131 cm³/mol. The summed E-state index contributed by atoms with van der Waals surface area (Å²) in [4.78, 5) is 60.3. The minimum Gasteiger partial charge on any atom is -0.426 e. The minimum atomic E-state index is -0.776. The van der Waals surface area contributed by atoms with E-state index in [4.69, 9.17) is 23.7 Å². The maximum atomic E-state index is 12.2. The van der Waals surface area contributed by atoms with Crippen LogP contribution in [0.5, 0.6) is 29.0 Å². The summed E-state index contributed by atoms with van der Waals surface area (Å²) >= 11 is 0. The number of rotatable bonds is 6. The summed E-state index contributed by atoms with van der Waals surface area (Å²) in [6.45, 7) is 5.81. The molecule has 2 aromatic heterocycles. The Kier molecular flexibility index (Phi) is 6.89. The number of carbonyl (C=O) groups is 5. The summed E-state index contributed by atoms with van der Waals surface area (Å²) in [5.74, 6) is -4.45. The normalized spacial score (nSPS) is 10.8. The first-order valence-electron chi connectivity index (χ1n) is 11.2. The van der Waals surface area contributed by atoms with Crippen molar-refractivity contribution in [3.05, 3.63) is 42.5 Å². The first-order valence-corrected chi connectivity index (χ1v) is 11.2. The number of aromatic nitrogens is 2. The smallest absolute Gasteiger partial charge is 0.309 e. The Labute approximate surface area is 215 Å². The number of benzene rings is 2. The molecule has 0 aliphatic carbocycles. The van der Waals surface area contributed by atoms with E-state index in [1.54, 1.807) is 36.4 Å². The highest BCUT2D eigenvalue weighted by molar-refractivity contribution is 6.00. The largest absolute Gasteiger partial charge is 0.426 e. The van der Waals surface area contributed by atoms with Crippen LogP contribution in [0.25, 0.3) is 21.8 Å². The highest BCUT2D eigenvalue weighted by Gasteiger charge is 2.32. The summed E-state index contributed by atoms with van der Waals surface area (Å²) in [7, 11) is 0. The van der Waals surface area contributed by atoms with Crippen molar-refractivity contribution in [2.24, 2.45) is 0 Å². The topological polar surface area (TPSA) is 141 Å². The van der Waals surface area contributed by atoms with E-state index in [2.05, 4.69) is 0 Å². The molecule has 0 atom stereocenters. The second-order valence-corrected chi connectivity index (χ2v) is 8.03. The predicted octanol–water partition coefficient (Wildman–Crippen LogP) is 3.53. The molecule has 4 aromatic rings. The van der Waals surface area contributed by atoms with Crippen LogP contribution >= 0.6 is 0 Å². The molecule has 0 bridgehead atoms. The highest BCUT2D eigenvalue weighted by Crippen LogP contribution is 2.48. The molecule has 12 heteroatoms. The van der Waals surface area contributed by atoms with Crippen molar-refractivity contribution in [1.82, 2.24) is 9.35 Å². The van der Waals surface area contributed by atoms with Gasteiger partial charge in [-0.1, -0.05) is 18.2 Å². The van der Waals surface area contributed by atoms with Gasteiger partial charge >= 0.3 is 29.8 Å². The van der Waals surface area contributed by atoms with E-state index in [0.29, 0.717) is 10.9 Å². The third-order valence-corrected chi connectivity index (χ3v) is 5.04. The monoisotopic (exact) mass is 522 g/mol. The molecule has 0 spiro atoms. The fraction of sp³-hybridized carbons (Fsp3) is 0.192. The average molecular weight is 522 g/mol. The standard InChI is InChI=1S/C26H22N2O10/c1-13(29)34-21-12-8-11-20-22(21)24(36-15(3)31)26(38-17(5)33)28(20)27-19-10-7-6-9-18(19)23(35-14(2)30)25(27)37-16(4)32/h6-12H,1-5H3. The van der Waals surface area contributed by atoms with Crippen LogP contribution in [-0.2, 0) is 24.0 Å². The zero-order valence-corrected chi connectivity index (χ0v) is 21.0. The van der Waals surface area contributed by atoms with Crippen LogP contribution in [0.4, 0.5) is 0 Å². The fourth-order valence-corrected chi connectivity index (χ4v) is 3.98. The van der Waals surface area contributed by atoms with Crippen molar-refractivity contribution in [3.8, 4) is 29.0 Å². The van der Waals surface area contributed by atoms with Gasteiger partial charge in [-0.2, -0.15) is 0 Å². The molecule has 0 saturated heterocycles. The Morgan fingerprint density at radius 2 is 1.00 bits per heavy atom. The molecule has 0 radical (unpaired) electrons. The Bertz CT molecular complexity index is 1640. The van der Waals surface area contributed by atoms with Gasteiger partial charge in [-0.3, -0.25) is 24.0 Å². The lowest BCUT2D eigenvalue weighted by atomic mass is 10.2. The van der Waals surface area contributed by atoms with Crippen molar-refractivity contribution >= 4 is 51.7 Å². The van der Waals surface area contributed by atoms with Crippen LogP contribution in [0.1, 0.15) is 34.6 Å². The zero-order chi connectivity index (χ0) is 27.7. The maximum absolute atomic E-state index is 12.2. The maximum Gasteiger partial charge on any atom is 0.309 e. The Balaban J connectivity index is 2.25. The molecular weight excluding hydrogens is 500 g/mol. The van der Waals surface area contributed by atoms with Gasteiger partial charge in [0.25, 0.3) is 11.8 Å². The number of esters is 5. The first kappa shape index (κ1) is 25.9. The molecular formula is C26H22N2O10. The van der Waals surface area contributed by atoms with Gasteiger partial charge < -0.3 is 23.7 Å². The Morgan fingerprint density at radius 1 is 0.526 bits per heavy atom. The summed E-state index contributed by atoms with van der Waals surface area (Å²) < 4.78 is 29.9. The molecule has 0 fully saturated rings. The lowest BCUT2D eigenvalue weighted by molar-refractivity contribution is -0.135. The molecule has 0 amide bonds. The first-order chi connectivity index (χ1) is 18.0. The third kappa shape index (κ3) is 4.78. The van der Waals surface area contributed by atoms with Gasteiger partial charge in [-0.15, -0.1) is 0 Å². The van der Waals surface area contributed by atoms with E-state index in [9.17, 15) is 24.0 Å². The second kappa shape index (κ2) is 10.1. The molecule has 2 heterocycles. The van der Waals surface area contributed by atoms with Gasteiger partial charge in [0.1, 0.15) is 5.75 Å². The average Bonchev–Trinajstić information content (AvgIpc) is 3.25. The van der Waals surface area contributed by atoms with E-state index < -0.39 is 29.8 Å². The zero-order valence-electron chi connectivity index (χ0n) is 21.0. The molecule has 0 unspecified atom stereocenters. The van der Waals surface area contributed by atoms with Crippen LogP contribution in [0.15, 0.2) is 42.5 Å². The number of nitrogens with zero attached hydrogens (tertiary/aromatic N) is 2. The molecule has 38 heavy (non-hydrogen) atoms. The van der Waals surface area contributed by atoms with Crippen molar-refractivity contribution in [2.75, 3.05) is 0 Å². The molecule has 0 aliphatic rings. The van der Waals surface area contributed by atoms with Gasteiger partial charge in [0.2, 0.25) is 11.5 Å². The number of hydrogen-bond acceptors (Lipinski definition) is 10. The number of hydrogen-bond donors (Lipinski definition) is 0. The number of ether oxygens (including phenoxy) is 5. The number of carbonyl (C=O) groups excluding carboxylic acids is 5. The third-order valence-electron chi connectivity index (χ3n) is 5.04. The van der Waals surface area contributed by atoms with Crippen LogP contribution < -0.4 is 23.7 Å². The Hall–Kier alpha value is -5.13. The van der Waals surface area contributed by atoms with Gasteiger partial charge in [-0.25, -0.2) is 9.35 Å². The summed E-state index contributed by atoms with van der Waals surface area (Å²) in [5.41, 5.74) is 0.581. The van der Waals surface area contributed by atoms with E-state index in [1.807, 2.05) is 0 Å². The van der Waals surface area contributed by atoms with Crippen LogP contribution in [-0.4, -0.2) is 39.2 Å². The molecule has 0 N–H and O–H groups in total. The Morgan fingerprint density at radius 3 is 1.58 bits per heavy atom.